The Balaban J connectivity index is 0.00000225. The fourth-order valence-corrected chi connectivity index (χ4v) is 2.63. The molecule has 2 amide bonds. The second kappa shape index (κ2) is 7.57. The predicted octanol–water partition coefficient (Wildman–Crippen LogP) is 3.85. The number of nitrogens with two attached hydrogens (primary N) is 1. The molecule has 1 fully saturated rings. The molecule has 1 saturated carbocycles. The number of benzene rings is 2. The topological polar surface area (TPSA) is 84.2 Å². The molecule has 0 radical (unpaired) electrons. The SMILES string of the molecule is Cc1ccc(N)cc1NC(=O)c1cccc(NC(=O)C2CC2C)c1.Cl. The highest BCUT2D eigenvalue weighted by atomic mass is 35.5. The van der Waals surface area contributed by atoms with Crippen molar-refractivity contribution >= 4 is 41.3 Å². The van der Waals surface area contributed by atoms with Gasteiger partial charge >= 0.3 is 0 Å². The Labute approximate surface area is 153 Å². The first-order chi connectivity index (χ1) is 11.4. The Morgan fingerprint density at radius 2 is 1.84 bits per heavy atom. The molecular formula is C19H22ClN3O2. The monoisotopic (exact) mass is 359 g/mol. The lowest BCUT2D eigenvalue weighted by atomic mass is 10.1. The molecule has 1 aliphatic rings. The summed E-state index contributed by atoms with van der Waals surface area (Å²) in [5.74, 6) is 0.326. The van der Waals surface area contributed by atoms with Crippen LogP contribution in [0.5, 0.6) is 0 Å². The molecule has 25 heavy (non-hydrogen) atoms. The maximum absolute atomic E-state index is 12.4. The van der Waals surface area contributed by atoms with Gasteiger partial charge in [0.15, 0.2) is 0 Å². The molecule has 0 aromatic heterocycles. The molecule has 6 heteroatoms. The third kappa shape index (κ3) is 4.51. The molecule has 2 atom stereocenters. The summed E-state index contributed by atoms with van der Waals surface area (Å²) in [5, 5.41) is 5.73. The average Bonchev–Trinajstić information content (AvgIpc) is 3.28. The highest BCUT2D eigenvalue weighted by molar-refractivity contribution is 6.06. The third-order valence-electron chi connectivity index (χ3n) is 4.35. The molecule has 4 N–H and O–H groups in total. The van der Waals surface area contributed by atoms with Crippen LogP contribution in [0.2, 0.25) is 0 Å². The van der Waals surface area contributed by atoms with Crippen LogP contribution in [-0.2, 0) is 4.79 Å². The number of aryl methyl sites for hydroxylation is 1. The van der Waals surface area contributed by atoms with Crippen LogP contribution in [0.25, 0.3) is 0 Å². The van der Waals surface area contributed by atoms with E-state index in [-0.39, 0.29) is 30.1 Å². The van der Waals surface area contributed by atoms with Crippen molar-refractivity contribution in [1.29, 1.82) is 0 Å². The van der Waals surface area contributed by atoms with Gasteiger partial charge in [-0.25, -0.2) is 0 Å². The van der Waals surface area contributed by atoms with E-state index in [9.17, 15) is 9.59 Å². The molecule has 0 saturated heterocycles. The smallest absolute Gasteiger partial charge is 0.255 e. The van der Waals surface area contributed by atoms with Gasteiger partial charge in [0.25, 0.3) is 5.91 Å². The molecule has 0 spiro atoms. The Kier molecular flexibility index (Phi) is 5.69. The number of halogens is 1. The van der Waals surface area contributed by atoms with Crippen LogP contribution in [0, 0.1) is 18.8 Å². The number of hydrogen-bond acceptors (Lipinski definition) is 3. The van der Waals surface area contributed by atoms with E-state index >= 15 is 0 Å². The average molecular weight is 360 g/mol. The number of rotatable bonds is 4. The van der Waals surface area contributed by atoms with Crippen molar-refractivity contribution in [3.8, 4) is 0 Å². The van der Waals surface area contributed by atoms with Crippen molar-refractivity contribution in [2.45, 2.75) is 20.3 Å². The minimum Gasteiger partial charge on any atom is -0.399 e. The molecule has 132 valence electrons. The minimum atomic E-state index is -0.236. The summed E-state index contributed by atoms with van der Waals surface area (Å²) in [6.45, 7) is 3.96. The fraction of sp³-hybridized carbons (Fsp3) is 0.263. The summed E-state index contributed by atoms with van der Waals surface area (Å²) in [4.78, 5) is 24.5. The molecule has 2 aromatic rings. The van der Waals surface area contributed by atoms with E-state index in [0.29, 0.717) is 28.5 Å². The quantitative estimate of drug-likeness (QED) is 0.725. The number of hydrogen-bond donors (Lipinski definition) is 3. The van der Waals surface area contributed by atoms with E-state index in [1.165, 1.54) is 0 Å². The van der Waals surface area contributed by atoms with Gasteiger partial charge in [-0.1, -0.05) is 19.1 Å². The molecule has 3 rings (SSSR count). The van der Waals surface area contributed by atoms with Crippen molar-refractivity contribution in [2.75, 3.05) is 16.4 Å². The molecule has 1 aliphatic carbocycles. The van der Waals surface area contributed by atoms with Gasteiger partial charge in [0.05, 0.1) is 0 Å². The van der Waals surface area contributed by atoms with Crippen molar-refractivity contribution in [1.82, 2.24) is 0 Å². The first-order valence-electron chi connectivity index (χ1n) is 8.02. The zero-order valence-corrected chi connectivity index (χ0v) is 15.0. The summed E-state index contributed by atoms with van der Waals surface area (Å²) in [6, 6.07) is 12.3. The van der Waals surface area contributed by atoms with Crippen molar-refractivity contribution < 1.29 is 9.59 Å². The van der Waals surface area contributed by atoms with E-state index in [0.717, 1.165) is 12.0 Å². The van der Waals surface area contributed by atoms with Gasteiger partial charge in [0.1, 0.15) is 0 Å². The van der Waals surface area contributed by atoms with Crippen LogP contribution >= 0.6 is 12.4 Å². The lowest BCUT2D eigenvalue weighted by molar-refractivity contribution is -0.117. The number of nitrogens with one attached hydrogen (secondary N) is 2. The normalized spacial score (nSPS) is 18.0. The second-order valence-corrected chi connectivity index (χ2v) is 6.42. The lowest BCUT2D eigenvalue weighted by Gasteiger charge is -2.10. The first kappa shape index (κ1) is 18.8. The summed E-state index contributed by atoms with van der Waals surface area (Å²) in [7, 11) is 0. The minimum absolute atomic E-state index is 0. The molecule has 2 aromatic carbocycles. The summed E-state index contributed by atoms with van der Waals surface area (Å²) >= 11 is 0. The third-order valence-corrected chi connectivity index (χ3v) is 4.35. The Morgan fingerprint density at radius 1 is 1.12 bits per heavy atom. The van der Waals surface area contributed by atoms with E-state index < -0.39 is 0 Å². The molecule has 0 bridgehead atoms. The number of nitrogen functional groups attached to an aromatic ring is 1. The van der Waals surface area contributed by atoms with Gasteiger partial charge in [-0.3, -0.25) is 9.59 Å². The number of carbonyl (C=O) groups excluding carboxylic acids is 2. The van der Waals surface area contributed by atoms with E-state index in [4.69, 9.17) is 5.73 Å². The van der Waals surface area contributed by atoms with Gasteiger partial charge in [0.2, 0.25) is 5.91 Å². The fourth-order valence-electron chi connectivity index (χ4n) is 2.63. The van der Waals surface area contributed by atoms with Gasteiger partial charge < -0.3 is 16.4 Å². The zero-order valence-electron chi connectivity index (χ0n) is 14.2. The van der Waals surface area contributed by atoms with Crippen LogP contribution in [0.4, 0.5) is 17.1 Å². The molecule has 0 heterocycles. The molecule has 2 unspecified atom stereocenters. The predicted molar refractivity (Wildman–Crippen MR) is 103 cm³/mol. The Hall–Kier alpha value is -2.53. The highest BCUT2D eigenvalue weighted by Gasteiger charge is 2.39. The molecule has 5 nitrogen and oxygen atoms in total. The van der Waals surface area contributed by atoms with E-state index in [1.54, 1.807) is 36.4 Å². The maximum atomic E-state index is 12.4. The number of anilines is 3. The van der Waals surface area contributed by atoms with Crippen molar-refractivity contribution in [2.24, 2.45) is 11.8 Å². The molecule has 0 aliphatic heterocycles. The summed E-state index contributed by atoms with van der Waals surface area (Å²) in [6.07, 6.45) is 0.931. The van der Waals surface area contributed by atoms with E-state index in [1.807, 2.05) is 13.0 Å². The van der Waals surface area contributed by atoms with Crippen LogP contribution in [0.1, 0.15) is 29.3 Å². The summed E-state index contributed by atoms with van der Waals surface area (Å²) in [5.41, 5.74) is 9.10. The number of amides is 2. The Bertz CT molecular complexity index is 807. The Morgan fingerprint density at radius 3 is 2.52 bits per heavy atom. The largest absolute Gasteiger partial charge is 0.399 e. The van der Waals surface area contributed by atoms with Gasteiger partial charge in [-0.05, 0) is 55.2 Å². The van der Waals surface area contributed by atoms with Crippen LogP contribution in [0.15, 0.2) is 42.5 Å². The standard InChI is InChI=1S/C19H21N3O2.ClH/c1-11-6-7-14(20)10-17(11)22-18(23)13-4-3-5-15(9-13)21-19(24)16-8-12(16)2;/h3-7,9-10,12,16H,8,20H2,1-2H3,(H,21,24)(H,22,23);1H. The van der Waals surface area contributed by atoms with Crippen LogP contribution < -0.4 is 16.4 Å². The lowest BCUT2D eigenvalue weighted by Crippen LogP contribution is -2.16. The van der Waals surface area contributed by atoms with Gasteiger partial charge in [-0.2, -0.15) is 0 Å². The highest BCUT2D eigenvalue weighted by Crippen LogP contribution is 2.38. The van der Waals surface area contributed by atoms with Gasteiger partial charge in [-0.15, -0.1) is 12.4 Å². The van der Waals surface area contributed by atoms with E-state index in [2.05, 4.69) is 17.6 Å². The van der Waals surface area contributed by atoms with Crippen LogP contribution in [-0.4, -0.2) is 11.8 Å². The molecular weight excluding hydrogens is 338 g/mol. The second-order valence-electron chi connectivity index (χ2n) is 6.42. The van der Waals surface area contributed by atoms with Crippen LogP contribution in [0.3, 0.4) is 0 Å². The number of carbonyl (C=O) groups is 2. The van der Waals surface area contributed by atoms with Crippen molar-refractivity contribution in [3.05, 3.63) is 53.6 Å². The van der Waals surface area contributed by atoms with Crippen molar-refractivity contribution in [3.63, 3.8) is 0 Å². The zero-order chi connectivity index (χ0) is 17.3. The maximum Gasteiger partial charge on any atom is 0.255 e. The first-order valence-corrected chi connectivity index (χ1v) is 8.02. The summed E-state index contributed by atoms with van der Waals surface area (Å²) < 4.78 is 0. The van der Waals surface area contributed by atoms with Gasteiger partial charge in [0, 0.05) is 28.5 Å².